The molecule has 3 aromatic rings. The number of rotatable bonds is 5. The molecule has 0 aliphatic carbocycles. The first kappa shape index (κ1) is 16.0. The maximum absolute atomic E-state index is 12.7. The Balaban J connectivity index is 1.93. The van der Waals surface area contributed by atoms with Crippen LogP contribution in [-0.4, -0.2) is 20.0 Å². The Labute approximate surface area is 139 Å². The van der Waals surface area contributed by atoms with Crippen molar-refractivity contribution in [1.82, 2.24) is 14.1 Å². The maximum atomic E-state index is 12.7. The number of carbonyl (C=O) groups excluding carboxylic acids is 1. The first-order chi connectivity index (χ1) is 11.6. The predicted molar refractivity (Wildman–Crippen MR) is 94.1 cm³/mol. The minimum atomic E-state index is -0.265. The number of aromatic nitrogens is 3. The van der Waals surface area contributed by atoms with Crippen LogP contribution in [0.3, 0.4) is 0 Å². The standard InChI is InChI=1S/C18H20N4O2/c1-3-11-21-14-8-4-5-9-15(14)22(18(21)24)12-16(23)20-17-13(2)7-6-10-19-17/h4-10H,3,11-12H2,1-2H3,(H,19,20,23). The molecule has 2 aromatic heterocycles. The highest BCUT2D eigenvalue weighted by Gasteiger charge is 2.15. The average Bonchev–Trinajstić information content (AvgIpc) is 2.83. The lowest BCUT2D eigenvalue weighted by molar-refractivity contribution is -0.116. The Morgan fingerprint density at radius 2 is 1.83 bits per heavy atom. The summed E-state index contributed by atoms with van der Waals surface area (Å²) in [4.78, 5) is 29.2. The molecule has 2 heterocycles. The van der Waals surface area contributed by atoms with E-state index in [0.29, 0.717) is 12.4 Å². The molecule has 1 aromatic carbocycles. The van der Waals surface area contributed by atoms with Gasteiger partial charge in [0.1, 0.15) is 12.4 Å². The number of amides is 1. The lowest BCUT2D eigenvalue weighted by Gasteiger charge is -2.07. The summed E-state index contributed by atoms with van der Waals surface area (Å²) in [6, 6.07) is 11.2. The van der Waals surface area contributed by atoms with Gasteiger partial charge in [0.2, 0.25) is 5.91 Å². The normalized spacial score (nSPS) is 10.9. The zero-order valence-corrected chi connectivity index (χ0v) is 13.8. The lowest BCUT2D eigenvalue weighted by atomic mass is 10.3. The number of fused-ring (bicyclic) bond motifs is 1. The highest BCUT2D eigenvalue weighted by molar-refractivity contribution is 5.91. The van der Waals surface area contributed by atoms with Gasteiger partial charge in [0, 0.05) is 12.7 Å². The van der Waals surface area contributed by atoms with Gasteiger partial charge in [-0.15, -0.1) is 0 Å². The summed E-state index contributed by atoms with van der Waals surface area (Å²) in [5.74, 6) is 0.256. The number of aryl methyl sites for hydroxylation is 2. The Morgan fingerprint density at radius 3 is 2.50 bits per heavy atom. The van der Waals surface area contributed by atoms with Crippen LogP contribution in [-0.2, 0) is 17.9 Å². The molecule has 0 saturated carbocycles. The van der Waals surface area contributed by atoms with Crippen LogP contribution in [0.4, 0.5) is 5.82 Å². The van der Waals surface area contributed by atoms with Crippen LogP contribution in [0.15, 0.2) is 47.4 Å². The SMILES string of the molecule is CCCn1c(=O)n(CC(=O)Nc2ncccc2C)c2ccccc21. The topological polar surface area (TPSA) is 68.9 Å². The van der Waals surface area contributed by atoms with E-state index in [9.17, 15) is 9.59 Å². The monoisotopic (exact) mass is 324 g/mol. The third-order valence-corrected chi connectivity index (χ3v) is 3.94. The molecule has 3 rings (SSSR count). The molecule has 0 bridgehead atoms. The van der Waals surface area contributed by atoms with Gasteiger partial charge in [-0.25, -0.2) is 9.78 Å². The number of benzene rings is 1. The highest BCUT2D eigenvalue weighted by atomic mass is 16.2. The van der Waals surface area contributed by atoms with Crippen molar-refractivity contribution in [1.29, 1.82) is 0 Å². The maximum Gasteiger partial charge on any atom is 0.329 e. The molecule has 6 nitrogen and oxygen atoms in total. The molecule has 124 valence electrons. The molecular weight excluding hydrogens is 304 g/mol. The van der Waals surface area contributed by atoms with Crippen molar-refractivity contribution >= 4 is 22.8 Å². The van der Waals surface area contributed by atoms with Gasteiger partial charge in [0.25, 0.3) is 0 Å². The predicted octanol–water partition coefficient (Wildman–Crippen LogP) is 2.56. The minimum Gasteiger partial charge on any atom is -0.309 e. The van der Waals surface area contributed by atoms with Crippen LogP contribution in [0.25, 0.3) is 11.0 Å². The van der Waals surface area contributed by atoms with Crippen molar-refractivity contribution in [3.63, 3.8) is 0 Å². The number of pyridine rings is 1. The van der Waals surface area contributed by atoms with Gasteiger partial charge >= 0.3 is 5.69 Å². The number of imidazole rings is 1. The van der Waals surface area contributed by atoms with E-state index < -0.39 is 0 Å². The van der Waals surface area contributed by atoms with Crippen molar-refractivity contribution in [3.8, 4) is 0 Å². The van der Waals surface area contributed by atoms with Crippen LogP contribution >= 0.6 is 0 Å². The number of hydrogen-bond acceptors (Lipinski definition) is 3. The number of para-hydroxylation sites is 2. The second-order valence-corrected chi connectivity index (χ2v) is 5.73. The Bertz CT molecular complexity index is 940. The third kappa shape index (κ3) is 2.95. The second kappa shape index (κ2) is 6.70. The molecule has 0 aliphatic heterocycles. The van der Waals surface area contributed by atoms with Crippen molar-refractivity contribution in [2.24, 2.45) is 0 Å². The number of hydrogen-bond donors (Lipinski definition) is 1. The van der Waals surface area contributed by atoms with Crippen molar-refractivity contribution in [2.45, 2.75) is 33.4 Å². The molecule has 1 amide bonds. The van der Waals surface area contributed by atoms with Crippen LogP contribution in [0.1, 0.15) is 18.9 Å². The fraction of sp³-hybridized carbons (Fsp3) is 0.278. The molecule has 24 heavy (non-hydrogen) atoms. The Hall–Kier alpha value is -2.89. The summed E-state index contributed by atoms with van der Waals surface area (Å²) in [6.07, 6.45) is 2.48. The molecule has 1 N–H and O–H groups in total. The summed E-state index contributed by atoms with van der Waals surface area (Å²) < 4.78 is 3.23. The van der Waals surface area contributed by atoms with Crippen LogP contribution in [0, 0.1) is 6.92 Å². The van der Waals surface area contributed by atoms with Crippen molar-refractivity contribution < 1.29 is 4.79 Å². The van der Waals surface area contributed by atoms with Gasteiger partial charge in [0.15, 0.2) is 0 Å². The highest BCUT2D eigenvalue weighted by Crippen LogP contribution is 2.14. The van der Waals surface area contributed by atoms with Crippen molar-refractivity contribution in [3.05, 3.63) is 58.6 Å². The van der Waals surface area contributed by atoms with E-state index in [4.69, 9.17) is 0 Å². The van der Waals surface area contributed by atoms with Crippen molar-refractivity contribution in [2.75, 3.05) is 5.32 Å². The molecule has 0 aliphatic rings. The van der Waals surface area contributed by atoms with Gasteiger partial charge in [-0.2, -0.15) is 0 Å². The van der Waals surface area contributed by atoms with Gasteiger partial charge in [0.05, 0.1) is 11.0 Å². The van der Waals surface area contributed by atoms with Gasteiger partial charge in [-0.1, -0.05) is 25.1 Å². The van der Waals surface area contributed by atoms with Gasteiger partial charge < -0.3 is 5.32 Å². The molecule has 6 heteroatoms. The summed E-state index contributed by atoms with van der Waals surface area (Å²) in [7, 11) is 0. The zero-order valence-electron chi connectivity index (χ0n) is 13.8. The van der Waals surface area contributed by atoms with E-state index in [0.717, 1.165) is 23.0 Å². The molecule has 0 radical (unpaired) electrons. The first-order valence-electron chi connectivity index (χ1n) is 8.01. The van der Waals surface area contributed by atoms with Gasteiger partial charge in [-0.05, 0) is 37.1 Å². The fourth-order valence-electron chi connectivity index (χ4n) is 2.80. The first-order valence-corrected chi connectivity index (χ1v) is 8.01. The molecule has 0 unspecified atom stereocenters. The second-order valence-electron chi connectivity index (χ2n) is 5.73. The van der Waals surface area contributed by atoms with E-state index in [1.54, 1.807) is 10.8 Å². The number of carbonyl (C=O) groups is 1. The Morgan fingerprint density at radius 1 is 1.12 bits per heavy atom. The van der Waals surface area contributed by atoms with E-state index >= 15 is 0 Å². The molecule has 0 spiro atoms. The van der Waals surface area contributed by atoms with Crippen LogP contribution < -0.4 is 11.0 Å². The third-order valence-electron chi connectivity index (χ3n) is 3.94. The number of nitrogens with one attached hydrogen (secondary N) is 1. The van der Waals surface area contributed by atoms with E-state index in [2.05, 4.69) is 10.3 Å². The summed E-state index contributed by atoms with van der Waals surface area (Å²) in [6.45, 7) is 4.50. The quantitative estimate of drug-likeness (QED) is 0.784. The summed E-state index contributed by atoms with van der Waals surface area (Å²) in [5, 5.41) is 2.77. The van der Waals surface area contributed by atoms with E-state index in [1.807, 2.05) is 50.2 Å². The minimum absolute atomic E-state index is 0.0356. The largest absolute Gasteiger partial charge is 0.329 e. The fourth-order valence-corrected chi connectivity index (χ4v) is 2.80. The number of anilines is 1. The molecular formula is C18H20N4O2. The van der Waals surface area contributed by atoms with Gasteiger partial charge in [-0.3, -0.25) is 13.9 Å². The van der Waals surface area contributed by atoms with Crippen LogP contribution in [0.2, 0.25) is 0 Å². The average molecular weight is 324 g/mol. The number of nitrogens with zero attached hydrogens (tertiary/aromatic N) is 3. The van der Waals surface area contributed by atoms with E-state index in [1.165, 1.54) is 4.57 Å². The smallest absolute Gasteiger partial charge is 0.309 e. The Kier molecular flexibility index (Phi) is 4.46. The zero-order chi connectivity index (χ0) is 17.1. The summed E-state index contributed by atoms with van der Waals surface area (Å²) in [5.41, 5.74) is 2.34. The summed E-state index contributed by atoms with van der Waals surface area (Å²) >= 11 is 0. The molecule has 0 fully saturated rings. The molecule has 0 atom stereocenters. The lowest BCUT2D eigenvalue weighted by Crippen LogP contribution is -2.29. The van der Waals surface area contributed by atoms with Crippen LogP contribution in [0.5, 0.6) is 0 Å². The molecule has 0 saturated heterocycles. The van der Waals surface area contributed by atoms with E-state index in [-0.39, 0.29) is 18.1 Å².